The van der Waals surface area contributed by atoms with Crippen molar-refractivity contribution in [1.29, 1.82) is 0 Å². The third-order valence-electron chi connectivity index (χ3n) is 8.00. The maximum Gasteiger partial charge on any atom is 0.376 e. The molecule has 1 saturated carbocycles. The Bertz CT molecular complexity index is 996. The lowest BCUT2D eigenvalue weighted by molar-refractivity contribution is 0.0672. The third-order valence-corrected chi connectivity index (χ3v) is 12.3. The Morgan fingerprint density at radius 2 is 1.31 bits per heavy atom. The van der Waals surface area contributed by atoms with Crippen LogP contribution in [0.5, 0.6) is 0 Å². The molecule has 2 aromatic rings. The molecule has 1 unspecified atom stereocenters. The van der Waals surface area contributed by atoms with Gasteiger partial charge in [0, 0.05) is 12.7 Å². The molecule has 0 radical (unpaired) electrons. The van der Waals surface area contributed by atoms with Gasteiger partial charge in [0.2, 0.25) is 0 Å². The quantitative estimate of drug-likeness (QED) is 0.348. The lowest BCUT2D eigenvalue weighted by Gasteiger charge is -2.44. The normalized spacial score (nSPS) is 27.1. The first-order chi connectivity index (χ1) is 17.3. The lowest BCUT2D eigenvalue weighted by atomic mass is 10.0. The Kier molecular flexibility index (Phi) is 8.35. The first kappa shape index (κ1) is 24.7. The molecule has 3 atom stereocenters. The molecule has 0 bridgehead atoms. The van der Waals surface area contributed by atoms with Gasteiger partial charge in [0.25, 0.3) is 0 Å². The van der Waals surface area contributed by atoms with Crippen molar-refractivity contribution in [3.8, 4) is 0 Å². The van der Waals surface area contributed by atoms with Crippen molar-refractivity contribution in [3.63, 3.8) is 0 Å². The number of methoxy groups -OCH3 is 1. The predicted molar refractivity (Wildman–Crippen MR) is 145 cm³/mol. The van der Waals surface area contributed by atoms with Crippen LogP contribution >= 0.6 is 0 Å². The van der Waals surface area contributed by atoms with Crippen molar-refractivity contribution in [1.82, 2.24) is 0 Å². The summed E-state index contributed by atoms with van der Waals surface area (Å²) in [6, 6.07) is 21.7. The molecule has 4 heteroatoms. The van der Waals surface area contributed by atoms with Crippen LogP contribution in [-0.2, 0) is 26.4 Å². The van der Waals surface area contributed by atoms with Gasteiger partial charge in [-0.1, -0.05) is 85.7 Å². The molecule has 2 aromatic carbocycles. The SMILES string of the molecule is COCC1=CC[C@@H](CCc2ccccc2)O[Si]2(C3CCCC3)O[C@H](CCc3ccccc3)CC=C12. The van der Waals surface area contributed by atoms with E-state index < -0.39 is 8.56 Å². The molecule has 35 heavy (non-hydrogen) atoms. The third kappa shape index (κ3) is 5.88. The molecule has 3 nitrogen and oxygen atoms in total. The Morgan fingerprint density at radius 3 is 1.86 bits per heavy atom. The van der Waals surface area contributed by atoms with Crippen LogP contribution in [0.1, 0.15) is 62.5 Å². The van der Waals surface area contributed by atoms with Crippen molar-refractivity contribution < 1.29 is 13.6 Å². The summed E-state index contributed by atoms with van der Waals surface area (Å²) in [5.41, 5.74) is 4.66. The van der Waals surface area contributed by atoms with Crippen LogP contribution in [0.4, 0.5) is 0 Å². The molecule has 0 spiro atoms. The van der Waals surface area contributed by atoms with Crippen molar-refractivity contribution in [2.75, 3.05) is 13.7 Å². The smallest absolute Gasteiger partial charge is 0.376 e. The Balaban J connectivity index is 1.40. The first-order valence-corrected chi connectivity index (χ1v) is 15.5. The van der Waals surface area contributed by atoms with Crippen LogP contribution in [0.2, 0.25) is 5.54 Å². The van der Waals surface area contributed by atoms with E-state index in [1.807, 2.05) is 7.11 Å². The molecule has 0 saturated heterocycles. The summed E-state index contributed by atoms with van der Waals surface area (Å²) in [5.74, 6) is 0. The van der Waals surface area contributed by atoms with Gasteiger partial charge < -0.3 is 13.6 Å². The summed E-state index contributed by atoms with van der Waals surface area (Å²) < 4.78 is 20.3. The van der Waals surface area contributed by atoms with Crippen molar-refractivity contribution in [2.24, 2.45) is 0 Å². The van der Waals surface area contributed by atoms with Crippen LogP contribution in [0, 0.1) is 0 Å². The van der Waals surface area contributed by atoms with E-state index in [0.29, 0.717) is 12.1 Å². The van der Waals surface area contributed by atoms with E-state index in [1.165, 1.54) is 47.6 Å². The highest BCUT2D eigenvalue weighted by molar-refractivity contribution is 6.77. The number of benzene rings is 2. The van der Waals surface area contributed by atoms with Gasteiger partial charge in [-0.05, 0) is 73.3 Å². The van der Waals surface area contributed by atoms with Crippen LogP contribution in [0.25, 0.3) is 0 Å². The van der Waals surface area contributed by atoms with E-state index in [0.717, 1.165) is 38.5 Å². The van der Waals surface area contributed by atoms with Gasteiger partial charge in [0.05, 0.1) is 18.8 Å². The van der Waals surface area contributed by atoms with Gasteiger partial charge in [-0.25, -0.2) is 0 Å². The van der Waals surface area contributed by atoms with E-state index in [-0.39, 0.29) is 12.2 Å². The van der Waals surface area contributed by atoms with Crippen molar-refractivity contribution in [2.45, 2.75) is 82.0 Å². The number of ether oxygens (including phenoxy) is 1. The molecule has 2 heterocycles. The molecule has 1 fully saturated rings. The molecule has 1 aliphatic carbocycles. The summed E-state index contributed by atoms with van der Waals surface area (Å²) in [4.78, 5) is 0. The maximum atomic E-state index is 7.31. The Hall–Kier alpha value is -1.98. The van der Waals surface area contributed by atoms with Crippen molar-refractivity contribution >= 4 is 8.56 Å². The monoisotopic (exact) mass is 488 g/mol. The van der Waals surface area contributed by atoms with Crippen LogP contribution in [-0.4, -0.2) is 34.5 Å². The summed E-state index contributed by atoms with van der Waals surface area (Å²) in [6.07, 6.45) is 16.5. The second-order valence-electron chi connectivity index (χ2n) is 10.4. The second kappa shape index (κ2) is 11.8. The molecule has 2 aliphatic heterocycles. The molecule has 0 N–H and O–H groups in total. The number of aryl methyl sites for hydroxylation is 2. The zero-order valence-corrected chi connectivity index (χ0v) is 22.2. The van der Waals surface area contributed by atoms with E-state index in [9.17, 15) is 0 Å². The van der Waals surface area contributed by atoms with Crippen LogP contribution < -0.4 is 0 Å². The highest BCUT2D eigenvalue weighted by Crippen LogP contribution is 2.50. The van der Waals surface area contributed by atoms with E-state index in [2.05, 4.69) is 72.8 Å². The van der Waals surface area contributed by atoms with E-state index >= 15 is 0 Å². The van der Waals surface area contributed by atoms with Gasteiger partial charge in [-0.3, -0.25) is 0 Å². The zero-order chi connectivity index (χ0) is 23.9. The molecular weight excluding hydrogens is 448 g/mol. The molecule has 0 amide bonds. The molecule has 3 aliphatic rings. The zero-order valence-electron chi connectivity index (χ0n) is 21.2. The number of hydrogen-bond donors (Lipinski definition) is 0. The number of hydrogen-bond acceptors (Lipinski definition) is 3. The van der Waals surface area contributed by atoms with Gasteiger partial charge in [-0.2, -0.15) is 0 Å². The Morgan fingerprint density at radius 1 is 0.771 bits per heavy atom. The average Bonchev–Trinajstić information content (AvgIpc) is 3.41. The first-order valence-electron chi connectivity index (χ1n) is 13.6. The summed E-state index contributed by atoms with van der Waals surface area (Å²) in [5, 5.41) is 1.39. The fourth-order valence-electron chi connectivity index (χ4n) is 6.18. The molecule has 5 rings (SSSR count). The minimum absolute atomic E-state index is 0.202. The minimum Gasteiger partial charge on any atom is -0.387 e. The number of rotatable bonds is 9. The summed E-state index contributed by atoms with van der Waals surface area (Å²) >= 11 is 0. The largest absolute Gasteiger partial charge is 0.387 e. The van der Waals surface area contributed by atoms with Crippen molar-refractivity contribution in [3.05, 3.63) is 94.7 Å². The lowest BCUT2D eigenvalue weighted by Crippen LogP contribution is -2.55. The van der Waals surface area contributed by atoms with E-state index in [1.54, 1.807) is 0 Å². The highest BCUT2D eigenvalue weighted by atomic mass is 28.4. The van der Waals surface area contributed by atoms with Gasteiger partial charge in [0.1, 0.15) is 0 Å². The molecule has 0 aromatic heterocycles. The summed E-state index contributed by atoms with van der Waals surface area (Å²) in [6.45, 7) is 0.653. The van der Waals surface area contributed by atoms with Gasteiger partial charge in [0.15, 0.2) is 0 Å². The standard InChI is InChI=1S/C31H40O3Si/c1-32-24-27-18-21-28(19-16-25-10-4-2-5-11-25)33-35(30-14-8-9-15-30)31(27)23-22-29(34-35)20-17-26-12-6-3-7-13-26/h2-7,10-13,18,23,28-30H,8-9,14-17,19-22,24H2,1H3/t28-,29-,35?/m1/s1. The molecular formula is C31H40O3Si. The number of fused-ring (bicyclic) bond motifs is 1. The second-order valence-corrected chi connectivity index (χ2v) is 13.6. The highest BCUT2D eigenvalue weighted by Gasteiger charge is 2.55. The van der Waals surface area contributed by atoms with E-state index in [4.69, 9.17) is 13.6 Å². The maximum absolute atomic E-state index is 7.31. The fraction of sp³-hybridized carbons (Fsp3) is 0.484. The topological polar surface area (TPSA) is 27.7 Å². The van der Waals surface area contributed by atoms with Crippen LogP contribution in [0.15, 0.2) is 83.6 Å². The average molecular weight is 489 g/mol. The van der Waals surface area contributed by atoms with Gasteiger partial charge >= 0.3 is 8.56 Å². The summed E-state index contributed by atoms with van der Waals surface area (Å²) in [7, 11) is -0.796. The fourth-order valence-corrected chi connectivity index (χ4v) is 10.9. The molecule has 186 valence electrons. The minimum atomic E-state index is -2.61. The Labute approximate surface area is 212 Å². The van der Waals surface area contributed by atoms with Crippen LogP contribution in [0.3, 0.4) is 0 Å². The van der Waals surface area contributed by atoms with Gasteiger partial charge in [-0.15, -0.1) is 0 Å². The predicted octanol–water partition coefficient (Wildman–Crippen LogP) is 7.25.